The van der Waals surface area contributed by atoms with Crippen LogP contribution in [0.4, 0.5) is 34.6 Å². The fourth-order valence-electron chi connectivity index (χ4n) is 12.3. The number of aromatic amines is 1. The summed E-state index contributed by atoms with van der Waals surface area (Å²) in [6.45, 7) is 10.7. The molecule has 6 aromatic rings. The average Bonchev–Trinajstić information content (AvgIpc) is 3.98. The molecule has 2 aliphatic heterocycles. The molecule has 4 N–H and O–H groups in total. The molecule has 4 fully saturated rings. The molecule has 420 valence electrons. The summed E-state index contributed by atoms with van der Waals surface area (Å²) in [6.07, 6.45) is 4.43. The Kier molecular flexibility index (Phi) is 15.5. The minimum Gasteiger partial charge on any atom is -0.496 e. The maximum atomic E-state index is 14.7. The zero-order valence-corrected chi connectivity index (χ0v) is 45.4. The van der Waals surface area contributed by atoms with E-state index in [2.05, 4.69) is 72.8 Å². The Morgan fingerprint density at radius 2 is 1.71 bits per heavy atom. The van der Waals surface area contributed by atoms with Gasteiger partial charge in [-0.25, -0.2) is 22.5 Å². The predicted molar refractivity (Wildman–Crippen MR) is 292 cm³/mol. The van der Waals surface area contributed by atoms with Crippen molar-refractivity contribution in [3.8, 4) is 17.2 Å². The highest BCUT2D eigenvalue weighted by Gasteiger charge is 2.50. The van der Waals surface area contributed by atoms with E-state index in [0.29, 0.717) is 57.3 Å². The number of halogens is 4. The van der Waals surface area contributed by atoms with Gasteiger partial charge in [0.15, 0.2) is 0 Å². The zero-order valence-electron chi connectivity index (χ0n) is 44.6. The minimum absolute atomic E-state index is 0.0228. The first-order valence-electron chi connectivity index (χ1n) is 26.9. The number of nitrogens with one attached hydrogen (secondary N) is 3. The zero-order chi connectivity index (χ0) is 56.0. The number of nitrogens with zero attached hydrogens (tertiary/aromatic N) is 5. The summed E-state index contributed by atoms with van der Waals surface area (Å²) in [6, 6.07) is 22.7. The molecule has 2 aromatic heterocycles. The summed E-state index contributed by atoms with van der Waals surface area (Å²) in [4.78, 5) is 39.3. The van der Waals surface area contributed by atoms with Crippen molar-refractivity contribution in [2.45, 2.75) is 113 Å². The first-order chi connectivity index (χ1) is 37.6. The molecule has 0 radical (unpaired) electrons. The van der Waals surface area contributed by atoms with E-state index in [1.165, 1.54) is 60.8 Å². The topological polar surface area (TPSA) is 195 Å². The number of methoxy groups -OCH3 is 1. The van der Waals surface area contributed by atoms with Crippen molar-refractivity contribution < 1.29 is 50.3 Å². The molecule has 0 bridgehead atoms. The number of carbonyl (C=O) groups is 1. The molecule has 1 spiro atoms. The number of nitro groups is 1. The van der Waals surface area contributed by atoms with E-state index in [9.17, 15) is 46.0 Å². The predicted octanol–water partition coefficient (Wildman–Crippen LogP) is 11.3. The molecule has 21 heteroatoms. The fourth-order valence-corrected chi connectivity index (χ4v) is 13.3. The van der Waals surface area contributed by atoms with Crippen molar-refractivity contribution in [2.24, 2.45) is 11.3 Å². The van der Waals surface area contributed by atoms with E-state index in [4.69, 9.17) is 9.47 Å². The third-order valence-electron chi connectivity index (χ3n) is 16.8. The van der Waals surface area contributed by atoms with Crippen molar-refractivity contribution in [3.63, 3.8) is 0 Å². The SMILES string of the molecule is COc1cc(CN2CCN(C3CC4(CCN(c5ccc(C(=O)NS(=O)(=O)c6ccc(NC[C@H]7CC[C@](C)(O)CC7)c([N+](=O)[O-])c6)c(Oc6cnc7[nH]cc(F)c7c6)c5)CC4)C3)[C@H](c3ccccc3C(C)C)C2)ccc1C(F)(F)F. The van der Waals surface area contributed by atoms with Gasteiger partial charge in [0.2, 0.25) is 0 Å². The number of sulfonamides is 1. The lowest BCUT2D eigenvalue weighted by Gasteiger charge is -2.58. The summed E-state index contributed by atoms with van der Waals surface area (Å²) in [5.41, 5.74) is 2.30. The van der Waals surface area contributed by atoms with Gasteiger partial charge < -0.3 is 29.8 Å². The highest BCUT2D eigenvalue weighted by atomic mass is 32.2. The number of hydrogen-bond donors (Lipinski definition) is 4. The van der Waals surface area contributed by atoms with Crippen LogP contribution in [-0.4, -0.2) is 102 Å². The number of ether oxygens (including phenoxy) is 2. The maximum absolute atomic E-state index is 14.7. The molecule has 0 unspecified atom stereocenters. The van der Waals surface area contributed by atoms with Crippen molar-refractivity contribution in [2.75, 3.05) is 56.6 Å². The number of nitro benzene ring substituents is 1. The molecule has 1 atom stereocenters. The van der Waals surface area contributed by atoms with Gasteiger partial charge in [-0.1, -0.05) is 44.2 Å². The second-order valence-electron chi connectivity index (χ2n) is 22.5. The second-order valence-corrected chi connectivity index (χ2v) is 24.2. The largest absolute Gasteiger partial charge is 0.496 e. The highest BCUT2D eigenvalue weighted by molar-refractivity contribution is 7.90. The van der Waals surface area contributed by atoms with Gasteiger partial charge in [0, 0.05) is 81.9 Å². The number of piperazine rings is 1. The van der Waals surface area contributed by atoms with Crippen LogP contribution < -0.4 is 24.4 Å². The van der Waals surface area contributed by atoms with Crippen molar-refractivity contribution in [1.29, 1.82) is 0 Å². The van der Waals surface area contributed by atoms with Crippen LogP contribution in [0.25, 0.3) is 11.0 Å². The van der Waals surface area contributed by atoms with Crippen LogP contribution >= 0.6 is 0 Å². The van der Waals surface area contributed by atoms with E-state index in [1.807, 2.05) is 0 Å². The second kappa shape index (κ2) is 22.0. The smallest absolute Gasteiger partial charge is 0.419 e. The Morgan fingerprint density at radius 1 is 0.962 bits per heavy atom. The number of benzene rings is 4. The average molecular weight is 1110 g/mol. The molecular weight excluding hydrogens is 1040 g/mol. The van der Waals surface area contributed by atoms with Crippen LogP contribution in [0.15, 0.2) is 102 Å². The third kappa shape index (κ3) is 12.0. The lowest BCUT2D eigenvalue weighted by molar-refractivity contribution is -0.384. The van der Waals surface area contributed by atoms with Crippen LogP contribution in [0, 0.1) is 27.3 Å². The molecule has 79 heavy (non-hydrogen) atoms. The first kappa shape index (κ1) is 55.5. The van der Waals surface area contributed by atoms with Crippen LogP contribution in [0.1, 0.15) is 117 Å². The number of amides is 1. The van der Waals surface area contributed by atoms with Crippen molar-refractivity contribution >= 4 is 44.0 Å². The van der Waals surface area contributed by atoms with E-state index < -0.39 is 54.6 Å². The molecule has 2 saturated carbocycles. The number of H-pyrrole nitrogens is 1. The van der Waals surface area contributed by atoms with Crippen LogP contribution in [0.5, 0.6) is 17.2 Å². The molecule has 1 amide bonds. The van der Waals surface area contributed by atoms with Crippen molar-refractivity contribution in [3.05, 3.63) is 141 Å². The highest BCUT2D eigenvalue weighted by Crippen LogP contribution is 2.54. The van der Waals surface area contributed by atoms with E-state index in [-0.39, 0.29) is 62.8 Å². The molecule has 4 aliphatic rings. The lowest BCUT2D eigenvalue weighted by Crippen LogP contribution is -2.60. The normalized spacial score (nSPS) is 21.3. The van der Waals surface area contributed by atoms with Crippen LogP contribution in [0.2, 0.25) is 0 Å². The molecule has 4 aromatic carbocycles. The summed E-state index contributed by atoms with van der Waals surface area (Å²) < 4.78 is 97.1. The maximum Gasteiger partial charge on any atom is 0.419 e. The van der Waals surface area contributed by atoms with E-state index >= 15 is 0 Å². The summed E-state index contributed by atoms with van der Waals surface area (Å²) in [5, 5.41) is 25.8. The number of fused-ring (bicyclic) bond motifs is 1. The Bertz CT molecular complexity index is 3350. The number of aromatic nitrogens is 2. The van der Waals surface area contributed by atoms with Gasteiger partial charge in [0.1, 0.15) is 34.4 Å². The third-order valence-corrected chi connectivity index (χ3v) is 18.1. The van der Waals surface area contributed by atoms with Gasteiger partial charge in [-0.05, 0) is 135 Å². The number of alkyl halides is 3. The number of anilines is 2. The van der Waals surface area contributed by atoms with Crippen molar-refractivity contribution in [1.82, 2.24) is 24.5 Å². The van der Waals surface area contributed by atoms with Gasteiger partial charge in [-0.15, -0.1) is 0 Å². The van der Waals surface area contributed by atoms with Gasteiger partial charge in [-0.2, -0.15) is 13.2 Å². The Balaban J connectivity index is 0.837. The molecule has 2 aliphatic carbocycles. The Labute approximate surface area is 456 Å². The summed E-state index contributed by atoms with van der Waals surface area (Å²) in [7, 11) is -3.42. The van der Waals surface area contributed by atoms with Gasteiger partial charge >= 0.3 is 6.18 Å². The number of aliphatic hydroxyl groups is 1. The van der Waals surface area contributed by atoms with Crippen LogP contribution in [0.3, 0.4) is 0 Å². The summed E-state index contributed by atoms with van der Waals surface area (Å²) in [5.74, 6) is -1.31. The molecular formula is C58H66F4N8O8S. The number of rotatable bonds is 16. The minimum atomic E-state index is -4.68. The molecule has 2 saturated heterocycles. The molecule has 16 nitrogen and oxygen atoms in total. The quantitative estimate of drug-likeness (QED) is 0.0406. The van der Waals surface area contributed by atoms with E-state index in [1.54, 1.807) is 19.1 Å². The number of pyridine rings is 1. The van der Waals surface area contributed by atoms with Gasteiger partial charge in [0.25, 0.3) is 21.6 Å². The Morgan fingerprint density at radius 3 is 2.42 bits per heavy atom. The number of hydrogen-bond acceptors (Lipinski definition) is 13. The van der Waals surface area contributed by atoms with E-state index in [0.717, 1.165) is 75.5 Å². The van der Waals surface area contributed by atoms with Crippen LogP contribution in [-0.2, 0) is 22.7 Å². The number of piperidine rings is 1. The standard InChI is InChI=1S/C58H66F4N8O8S/c1-36(2)43-7-5-6-8-44(43)51-35-67(34-38-9-13-47(58(60,61)62)53(25-38)77-4)23-24-69(51)40-29-57(30-40)19-21-68(22-20-57)39-10-12-45(52(26-39)78-41-27-46-48(59)33-65-54(46)64-32-41)55(71)66-79(75,76)42-11-14-49(50(28-42)70(73)74)63-31-37-15-17-56(3,72)18-16-37/h5-14,25-28,32-33,36-37,40,51,63,72H,15-24,29-31,34-35H2,1-4H3,(H,64,65)(H,66,71)/t37-,51-,56-/m0/s1. The monoisotopic (exact) mass is 1110 g/mol. The Hall–Kier alpha value is -6.81. The van der Waals surface area contributed by atoms with Gasteiger partial charge in [-0.3, -0.25) is 24.7 Å². The lowest BCUT2D eigenvalue weighted by atomic mass is 9.59. The number of carbonyl (C=O) groups excluding carboxylic acids is 1. The first-order valence-corrected chi connectivity index (χ1v) is 28.4. The molecule has 10 rings (SSSR count). The molecule has 4 heterocycles. The summed E-state index contributed by atoms with van der Waals surface area (Å²) >= 11 is 0. The fraction of sp³-hybridized carbons (Fsp3) is 0.448. The van der Waals surface area contributed by atoms with Gasteiger partial charge in [0.05, 0.1) is 45.2 Å².